The lowest BCUT2D eigenvalue weighted by Gasteiger charge is -2.29. The predicted molar refractivity (Wildman–Crippen MR) is 310 cm³/mol. The molecule has 0 aliphatic heterocycles. The molecule has 0 heterocycles. The van der Waals surface area contributed by atoms with Crippen LogP contribution in [0.5, 0.6) is 0 Å². The van der Waals surface area contributed by atoms with Gasteiger partial charge in [0.15, 0.2) is 0 Å². The van der Waals surface area contributed by atoms with E-state index in [-0.39, 0.29) is 5.41 Å². The van der Waals surface area contributed by atoms with Crippen molar-refractivity contribution < 1.29 is 0 Å². The zero-order valence-corrected chi connectivity index (χ0v) is 41.0. The number of rotatable bonds is 10. The molecular formula is C71H52N2. The van der Waals surface area contributed by atoms with Crippen LogP contribution in [0.15, 0.2) is 279 Å². The lowest BCUT2D eigenvalue weighted by atomic mass is 9.82. The molecule has 0 amide bonds. The molecule has 2 nitrogen and oxygen atoms in total. The van der Waals surface area contributed by atoms with Crippen LogP contribution in [0.25, 0.3) is 77.2 Å². The molecule has 1 aliphatic carbocycles. The molecule has 2 heteroatoms. The highest BCUT2D eigenvalue weighted by atomic mass is 15.1. The van der Waals surface area contributed by atoms with Crippen LogP contribution in [0.1, 0.15) is 25.0 Å². The zero-order chi connectivity index (χ0) is 48.9. The highest BCUT2D eigenvalue weighted by Gasteiger charge is 2.35. The molecule has 0 N–H and O–H groups in total. The van der Waals surface area contributed by atoms with Crippen LogP contribution in [0.3, 0.4) is 0 Å². The molecule has 346 valence electrons. The van der Waals surface area contributed by atoms with E-state index in [1.165, 1.54) is 88.3 Å². The van der Waals surface area contributed by atoms with Crippen molar-refractivity contribution in [3.8, 4) is 55.6 Å². The molecule has 0 aromatic heterocycles. The second kappa shape index (κ2) is 18.2. The van der Waals surface area contributed by atoms with Gasteiger partial charge in [0.1, 0.15) is 0 Å². The fourth-order valence-electron chi connectivity index (χ4n) is 11.4. The van der Waals surface area contributed by atoms with E-state index in [0.717, 1.165) is 34.1 Å². The smallest absolute Gasteiger partial charge is 0.0540 e. The largest absolute Gasteiger partial charge is 0.310 e. The van der Waals surface area contributed by atoms with Gasteiger partial charge in [-0.3, -0.25) is 0 Å². The maximum absolute atomic E-state index is 2.46. The average Bonchev–Trinajstić information content (AvgIpc) is 3.69. The lowest BCUT2D eigenvalue weighted by molar-refractivity contribution is 0.660. The SMILES string of the molecule is CC1(C)c2ccccc2-c2cc(N(c3ccc(-c4ccccc4)cc3)c3ccc(-c4ccc(N(c5ccc(-c6ccccc6)cc5)c5ccc(-c6ccccc6)cc5)c5ccccc45)c4ccccc34)ccc21. The topological polar surface area (TPSA) is 6.48 Å². The molecule has 0 radical (unpaired) electrons. The van der Waals surface area contributed by atoms with Crippen molar-refractivity contribution in [2.75, 3.05) is 9.80 Å². The van der Waals surface area contributed by atoms with E-state index < -0.39 is 0 Å². The maximum atomic E-state index is 2.46. The Bertz CT molecular complexity index is 3870. The number of anilines is 6. The van der Waals surface area contributed by atoms with Crippen molar-refractivity contribution in [1.29, 1.82) is 0 Å². The molecule has 1 aliphatic rings. The van der Waals surface area contributed by atoms with Crippen LogP contribution in [0.4, 0.5) is 34.1 Å². The van der Waals surface area contributed by atoms with Gasteiger partial charge in [-0.1, -0.05) is 232 Å². The first-order chi connectivity index (χ1) is 36.0. The summed E-state index contributed by atoms with van der Waals surface area (Å²) in [5, 5.41) is 4.74. The monoisotopic (exact) mass is 932 g/mol. The summed E-state index contributed by atoms with van der Waals surface area (Å²) in [6.45, 7) is 4.70. The summed E-state index contributed by atoms with van der Waals surface area (Å²) in [5.74, 6) is 0. The number of nitrogens with zero attached hydrogens (tertiary/aromatic N) is 2. The van der Waals surface area contributed by atoms with E-state index in [1.807, 2.05) is 0 Å². The summed E-state index contributed by atoms with van der Waals surface area (Å²) in [6, 6.07) is 102. The Labute approximate surface area is 428 Å². The summed E-state index contributed by atoms with van der Waals surface area (Å²) in [4.78, 5) is 4.87. The van der Waals surface area contributed by atoms with Gasteiger partial charge in [0.2, 0.25) is 0 Å². The molecule has 0 spiro atoms. The number of hydrogen-bond donors (Lipinski definition) is 0. The molecule has 73 heavy (non-hydrogen) atoms. The Hall–Kier alpha value is -9.24. The van der Waals surface area contributed by atoms with E-state index in [0.29, 0.717) is 0 Å². The molecule has 0 saturated carbocycles. The molecular weight excluding hydrogens is 881 g/mol. The molecule has 0 atom stereocenters. The number of benzene rings is 12. The van der Waals surface area contributed by atoms with Gasteiger partial charge in [0.25, 0.3) is 0 Å². The van der Waals surface area contributed by atoms with Gasteiger partial charge in [0.05, 0.1) is 11.4 Å². The van der Waals surface area contributed by atoms with Gasteiger partial charge in [-0.2, -0.15) is 0 Å². The van der Waals surface area contributed by atoms with Gasteiger partial charge < -0.3 is 9.80 Å². The van der Waals surface area contributed by atoms with Crippen molar-refractivity contribution in [2.24, 2.45) is 0 Å². The summed E-state index contributed by atoms with van der Waals surface area (Å²) < 4.78 is 0. The molecule has 0 saturated heterocycles. The Morgan fingerprint density at radius 2 is 0.562 bits per heavy atom. The van der Waals surface area contributed by atoms with Crippen LogP contribution in [-0.4, -0.2) is 0 Å². The third-order valence-corrected chi connectivity index (χ3v) is 15.1. The third-order valence-electron chi connectivity index (χ3n) is 15.1. The van der Waals surface area contributed by atoms with Crippen molar-refractivity contribution in [2.45, 2.75) is 19.3 Å². The van der Waals surface area contributed by atoms with Crippen LogP contribution < -0.4 is 9.80 Å². The Morgan fingerprint density at radius 1 is 0.233 bits per heavy atom. The van der Waals surface area contributed by atoms with E-state index in [1.54, 1.807) is 0 Å². The first-order valence-corrected chi connectivity index (χ1v) is 25.3. The van der Waals surface area contributed by atoms with Crippen LogP contribution >= 0.6 is 0 Å². The minimum Gasteiger partial charge on any atom is -0.310 e. The Balaban J connectivity index is 0.956. The van der Waals surface area contributed by atoms with E-state index >= 15 is 0 Å². The van der Waals surface area contributed by atoms with Crippen molar-refractivity contribution >= 4 is 55.7 Å². The first-order valence-electron chi connectivity index (χ1n) is 25.3. The molecule has 0 bridgehead atoms. The lowest BCUT2D eigenvalue weighted by Crippen LogP contribution is -2.15. The number of fused-ring (bicyclic) bond motifs is 5. The highest BCUT2D eigenvalue weighted by Crippen LogP contribution is 2.52. The minimum absolute atomic E-state index is 0.0870. The van der Waals surface area contributed by atoms with Crippen molar-refractivity contribution in [3.05, 3.63) is 290 Å². The highest BCUT2D eigenvalue weighted by molar-refractivity contribution is 6.13. The normalized spacial score (nSPS) is 12.4. The van der Waals surface area contributed by atoms with Crippen LogP contribution in [0.2, 0.25) is 0 Å². The molecule has 0 fully saturated rings. The molecule has 12 aromatic rings. The zero-order valence-electron chi connectivity index (χ0n) is 41.0. The summed E-state index contributed by atoms with van der Waals surface area (Å²) in [7, 11) is 0. The van der Waals surface area contributed by atoms with Crippen molar-refractivity contribution in [3.63, 3.8) is 0 Å². The van der Waals surface area contributed by atoms with Gasteiger partial charge in [0, 0.05) is 38.9 Å². The minimum atomic E-state index is -0.0870. The fraction of sp³-hybridized carbons (Fsp3) is 0.0423. The molecule has 0 unspecified atom stereocenters. The van der Waals surface area contributed by atoms with Crippen LogP contribution in [-0.2, 0) is 5.41 Å². The standard InChI is InChI=1S/C71H52N2/c1-71(2)67-29-17-16-26-63(67)66-48-58(42-45-68(66)71)73(57-40-34-54(35-41-57)51-22-10-5-11-23-51)70-47-44-62(60-25-13-15-28-65(60)70)61-43-46-69(64-27-14-12-24-59(61)64)72(55-36-30-52(31-37-55)49-18-6-3-7-19-49)56-38-32-53(33-39-56)50-20-8-4-9-21-50/h3-48H,1-2H3. The van der Waals surface area contributed by atoms with Gasteiger partial charge >= 0.3 is 0 Å². The van der Waals surface area contributed by atoms with E-state index in [9.17, 15) is 0 Å². The van der Waals surface area contributed by atoms with E-state index in [4.69, 9.17) is 0 Å². The Morgan fingerprint density at radius 3 is 1.00 bits per heavy atom. The average molecular weight is 933 g/mol. The fourth-order valence-corrected chi connectivity index (χ4v) is 11.4. The van der Waals surface area contributed by atoms with Crippen LogP contribution in [0, 0.1) is 0 Å². The van der Waals surface area contributed by atoms with Gasteiger partial charge in [-0.25, -0.2) is 0 Å². The predicted octanol–water partition coefficient (Wildman–Crippen LogP) is 19.9. The second-order valence-corrected chi connectivity index (χ2v) is 19.7. The summed E-state index contributed by atoms with van der Waals surface area (Å²) >= 11 is 0. The van der Waals surface area contributed by atoms with Gasteiger partial charge in [-0.15, -0.1) is 0 Å². The Kier molecular flexibility index (Phi) is 10.9. The van der Waals surface area contributed by atoms with Crippen molar-refractivity contribution in [1.82, 2.24) is 0 Å². The second-order valence-electron chi connectivity index (χ2n) is 19.7. The molecule has 13 rings (SSSR count). The summed E-state index contributed by atoms with van der Waals surface area (Å²) in [6.07, 6.45) is 0. The molecule has 12 aromatic carbocycles. The first kappa shape index (κ1) is 43.8. The maximum Gasteiger partial charge on any atom is 0.0540 e. The third kappa shape index (κ3) is 7.76. The van der Waals surface area contributed by atoms with Gasteiger partial charge in [-0.05, 0) is 138 Å². The van der Waals surface area contributed by atoms with E-state index in [2.05, 4.69) is 303 Å². The number of hydrogen-bond acceptors (Lipinski definition) is 2. The summed E-state index contributed by atoms with van der Waals surface area (Å²) in [5.41, 5.74) is 21.5. The quantitative estimate of drug-likeness (QED) is 0.135.